The van der Waals surface area contributed by atoms with E-state index < -0.39 is 8.53 Å². The number of piperidine rings is 1. The molecule has 0 aromatic heterocycles. The molecule has 1 saturated heterocycles. The topological polar surface area (TPSA) is 33.7 Å². The Morgan fingerprint density at radius 1 is 1.28 bits per heavy atom. The van der Waals surface area contributed by atoms with E-state index in [2.05, 4.69) is 16.1 Å². The number of nitrogens with one attached hydrogen (secondary N) is 1. The maximum atomic E-state index is 5.99. The van der Waals surface area contributed by atoms with Crippen LogP contribution in [0.1, 0.15) is 18.4 Å². The van der Waals surface area contributed by atoms with Gasteiger partial charge in [0.15, 0.2) is 0 Å². The van der Waals surface area contributed by atoms with Crippen molar-refractivity contribution in [3.8, 4) is 5.75 Å². The van der Waals surface area contributed by atoms with Crippen LogP contribution in [0.25, 0.3) is 0 Å². The zero-order valence-electron chi connectivity index (χ0n) is 10.6. The van der Waals surface area contributed by atoms with Gasteiger partial charge in [-0.3, -0.25) is 0 Å². The van der Waals surface area contributed by atoms with Crippen molar-refractivity contribution in [1.29, 1.82) is 0 Å². The minimum absolute atomic E-state index is 0.647. The molecule has 0 aliphatic carbocycles. The summed E-state index contributed by atoms with van der Waals surface area (Å²) in [6, 6.07) is 8.79. The third-order valence-electron chi connectivity index (χ3n) is 3.59. The molecule has 3 rings (SSSR count). The van der Waals surface area contributed by atoms with E-state index in [1.807, 2.05) is 25.2 Å². The normalized spacial score (nSPS) is 25.5. The number of hydrogen-bond acceptors (Lipinski definition) is 4. The lowest BCUT2D eigenvalue weighted by Crippen LogP contribution is -2.39. The van der Waals surface area contributed by atoms with E-state index in [1.54, 1.807) is 0 Å². The summed E-state index contributed by atoms with van der Waals surface area (Å²) < 4.78 is 14.2. The minimum Gasteiger partial charge on any atom is -0.435 e. The number of nitrogens with zero attached hydrogens (tertiary/aromatic N) is 1. The van der Waals surface area contributed by atoms with Crippen LogP contribution in [0.3, 0.4) is 0 Å². The number of fused-ring (bicyclic) bond motifs is 1. The molecule has 0 amide bonds. The fraction of sp³-hybridized carbons (Fsp3) is 0.538. The van der Waals surface area contributed by atoms with Crippen LogP contribution in [0.15, 0.2) is 24.3 Å². The highest BCUT2D eigenvalue weighted by molar-refractivity contribution is 7.45. The quantitative estimate of drug-likeness (QED) is 0.834. The lowest BCUT2D eigenvalue weighted by atomic mass is 10.1. The number of benzene rings is 1. The second-order valence-electron chi connectivity index (χ2n) is 4.73. The Balaban J connectivity index is 1.63. The van der Waals surface area contributed by atoms with Gasteiger partial charge in [-0.1, -0.05) is 18.2 Å². The largest absolute Gasteiger partial charge is 0.435 e. The van der Waals surface area contributed by atoms with Crippen molar-refractivity contribution < 1.29 is 9.05 Å². The Morgan fingerprint density at radius 3 is 2.83 bits per heavy atom. The summed E-state index contributed by atoms with van der Waals surface area (Å²) in [5, 5.41) is 3.34. The number of hydrogen-bond donors (Lipinski definition) is 1. The predicted molar refractivity (Wildman–Crippen MR) is 72.4 cm³/mol. The molecule has 2 aliphatic rings. The highest BCUT2D eigenvalue weighted by Crippen LogP contribution is 2.49. The fourth-order valence-electron chi connectivity index (χ4n) is 2.40. The minimum atomic E-state index is -0.895. The first-order valence-electron chi connectivity index (χ1n) is 6.48. The highest BCUT2D eigenvalue weighted by atomic mass is 31.2. The highest BCUT2D eigenvalue weighted by Gasteiger charge is 2.31. The summed E-state index contributed by atoms with van der Waals surface area (Å²) in [6.45, 7) is 2.78. The second kappa shape index (κ2) is 5.54. The van der Waals surface area contributed by atoms with Crippen molar-refractivity contribution in [3.05, 3.63) is 29.8 Å². The Kier molecular flexibility index (Phi) is 3.80. The van der Waals surface area contributed by atoms with Gasteiger partial charge in [-0.25, -0.2) is 4.67 Å². The molecule has 0 saturated carbocycles. The monoisotopic (exact) mass is 266 g/mol. The van der Waals surface area contributed by atoms with Crippen LogP contribution >= 0.6 is 8.53 Å². The summed E-state index contributed by atoms with van der Waals surface area (Å²) in [6.07, 6.45) is 2.34. The molecular weight excluding hydrogens is 247 g/mol. The molecule has 0 radical (unpaired) electrons. The zero-order chi connectivity index (χ0) is 12.4. The Hall–Kier alpha value is -0.670. The van der Waals surface area contributed by atoms with Gasteiger partial charge in [-0.2, -0.15) is 0 Å². The molecule has 18 heavy (non-hydrogen) atoms. The zero-order valence-corrected chi connectivity index (χ0v) is 11.5. The van der Waals surface area contributed by atoms with Gasteiger partial charge in [0.2, 0.25) is 0 Å². The Morgan fingerprint density at radius 2 is 2.06 bits per heavy atom. The molecule has 2 aliphatic heterocycles. The lowest BCUT2D eigenvalue weighted by Gasteiger charge is -2.37. The summed E-state index contributed by atoms with van der Waals surface area (Å²) in [4.78, 5) is 0. The first-order valence-corrected chi connectivity index (χ1v) is 7.61. The van der Waals surface area contributed by atoms with Gasteiger partial charge >= 0.3 is 8.53 Å². The van der Waals surface area contributed by atoms with Crippen LogP contribution in [-0.4, -0.2) is 30.8 Å². The summed E-state index contributed by atoms with van der Waals surface area (Å²) in [5.74, 6) is 0.991. The Labute approximate surface area is 109 Å². The van der Waals surface area contributed by atoms with E-state index >= 15 is 0 Å². The number of para-hydroxylation sites is 1. The summed E-state index contributed by atoms with van der Waals surface area (Å²) in [5.41, 5.74) is 1.15. The van der Waals surface area contributed by atoms with Crippen molar-refractivity contribution in [2.75, 3.05) is 20.1 Å². The summed E-state index contributed by atoms with van der Waals surface area (Å²) >= 11 is 0. The van der Waals surface area contributed by atoms with Gasteiger partial charge in [-0.15, -0.1) is 0 Å². The van der Waals surface area contributed by atoms with E-state index in [1.165, 1.54) is 12.8 Å². The van der Waals surface area contributed by atoms with Gasteiger partial charge < -0.3 is 14.4 Å². The molecule has 0 spiro atoms. The van der Waals surface area contributed by atoms with Crippen molar-refractivity contribution in [2.45, 2.75) is 25.5 Å². The average Bonchev–Trinajstić information content (AvgIpc) is 2.47. The molecule has 1 aromatic rings. The van der Waals surface area contributed by atoms with E-state index in [-0.39, 0.29) is 0 Å². The first-order chi connectivity index (χ1) is 8.86. The van der Waals surface area contributed by atoms with Crippen LogP contribution in [0.5, 0.6) is 5.75 Å². The van der Waals surface area contributed by atoms with Gasteiger partial charge in [0.1, 0.15) is 5.75 Å². The average molecular weight is 266 g/mol. The Bertz CT molecular complexity index is 408. The molecule has 1 fully saturated rings. The third kappa shape index (κ3) is 2.52. The van der Waals surface area contributed by atoms with E-state index in [0.29, 0.717) is 12.6 Å². The van der Waals surface area contributed by atoms with Crippen LogP contribution < -0.4 is 9.84 Å². The number of rotatable bonds is 2. The van der Waals surface area contributed by atoms with Crippen molar-refractivity contribution >= 4 is 8.53 Å². The molecule has 98 valence electrons. The van der Waals surface area contributed by atoms with Gasteiger partial charge in [0.05, 0.1) is 6.61 Å². The SMILES string of the molecule is CNC1CCN(P2OCc3ccccc3O2)CC1. The van der Waals surface area contributed by atoms with E-state index in [0.717, 1.165) is 24.4 Å². The first kappa shape index (κ1) is 12.4. The molecule has 5 heteroatoms. The van der Waals surface area contributed by atoms with Crippen LogP contribution in [-0.2, 0) is 11.1 Å². The molecule has 1 atom stereocenters. The molecule has 1 unspecified atom stereocenters. The molecule has 0 bridgehead atoms. The van der Waals surface area contributed by atoms with Crippen LogP contribution in [0, 0.1) is 0 Å². The molecule has 1 N–H and O–H groups in total. The standard InChI is InChI=1S/C13H19N2O2P/c1-14-12-6-8-15(9-7-12)18-16-10-11-4-2-3-5-13(11)17-18/h2-5,12,14H,6-10H2,1H3. The van der Waals surface area contributed by atoms with Crippen LogP contribution in [0.2, 0.25) is 0 Å². The van der Waals surface area contributed by atoms with Gasteiger partial charge in [0.25, 0.3) is 0 Å². The molecule has 4 nitrogen and oxygen atoms in total. The fourth-order valence-corrected chi connectivity index (χ4v) is 3.89. The smallest absolute Gasteiger partial charge is 0.321 e. The maximum absolute atomic E-state index is 5.99. The van der Waals surface area contributed by atoms with Crippen molar-refractivity contribution in [1.82, 2.24) is 9.99 Å². The van der Waals surface area contributed by atoms with E-state index in [4.69, 9.17) is 9.05 Å². The van der Waals surface area contributed by atoms with Gasteiger partial charge in [-0.05, 0) is 26.0 Å². The van der Waals surface area contributed by atoms with E-state index in [9.17, 15) is 0 Å². The molecule has 1 aromatic carbocycles. The van der Waals surface area contributed by atoms with Crippen LogP contribution in [0.4, 0.5) is 0 Å². The lowest BCUT2D eigenvalue weighted by molar-refractivity contribution is 0.206. The van der Waals surface area contributed by atoms with Crippen molar-refractivity contribution in [3.63, 3.8) is 0 Å². The summed E-state index contributed by atoms with van der Waals surface area (Å²) in [7, 11) is 1.14. The molecule has 2 heterocycles. The second-order valence-corrected chi connectivity index (χ2v) is 6.21. The van der Waals surface area contributed by atoms with Gasteiger partial charge in [0, 0.05) is 24.7 Å². The van der Waals surface area contributed by atoms with Crippen molar-refractivity contribution in [2.24, 2.45) is 0 Å². The predicted octanol–water partition coefficient (Wildman–Crippen LogP) is 2.51. The third-order valence-corrected chi connectivity index (χ3v) is 5.15. The maximum Gasteiger partial charge on any atom is 0.321 e. The molecular formula is C13H19N2O2P.